The predicted molar refractivity (Wildman–Crippen MR) is 77.7 cm³/mol. The molecule has 21 heavy (non-hydrogen) atoms. The zero-order chi connectivity index (χ0) is 14.7. The molecule has 0 saturated carbocycles. The number of carbonyl (C=O) groups is 1. The maximum absolute atomic E-state index is 13.0. The second-order valence-corrected chi connectivity index (χ2v) is 5.09. The van der Waals surface area contributed by atoms with E-state index in [0.717, 1.165) is 16.9 Å². The lowest BCUT2D eigenvalue weighted by Crippen LogP contribution is -2.38. The summed E-state index contributed by atoms with van der Waals surface area (Å²) in [4.78, 5) is 12.1. The standard InChI is InChI=1S/C17H16FNO2/c18-14-6-3-4-12(10-14)8-9-19-17(20)16-11-13-5-1-2-7-15(13)21-16/h1-7,10,16H,8-9,11H2,(H,19,20). The van der Waals surface area contributed by atoms with Gasteiger partial charge >= 0.3 is 0 Å². The van der Waals surface area contributed by atoms with Crippen molar-refractivity contribution >= 4 is 5.91 Å². The summed E-state index contributed by atoms with van der Waals surface area (Å²) < 4.78 is 18.7. The average Bonchev–Trinajstić information content (AvgIpc) is 2.91. The van der Waals surface area contributed by atoms with Crippen molar-refractivity contribution in [2.24, 2.45) is 0 Å². The van der Waals surface area contributed by atoms with Crippen LogP contribution in [0, 0.1) is 5.82 Å². The zero-order valence-corrected chi connectivity index (χ0v) is 11.5. The van der Waals surface area contributed by atoms with Crippen LogP contribution in [0.3, 0.4) is 0 Å². The van der Waals surface area contributed by atoms with Crippen molar-refractivity contribution in [3.8, 4) is 5.75 Å². The Hall–Kier alpha value is -2.36. The van der Waals surface area contributed by atoms with Gasteiger partial charge in [-0.25, -0.2) is 4.39 Å². The van der Waals surface area contributed by atoms with Crippen molar-refractivity contribution in [3.05, 3.63) is 65.5 Å². The van der Waals surface area contributed by atoms with Gasteiger partial charge in [0, 0.05) is 13.0 Å². The largest absolute Gasteiger partial charge is 0.480 e. The summed E-state index contributed by atoms with van der Waals surface area (Å²) in [7, 11) is 0. The molecule has 1 N–H and O–H groups in total. The fourth-order valence-corrected chi connectivity index (χ4v) is 2.46. The molecule has 3 nitrogen and oxygen atoms in total. The van der Waals surface area contributed by atoms with Crippen LogP contribution in [0.1, 0.15) is 11.1 Å². The number of rotatable bonds is 4. The van der Waals surface area contributed by atoms with Gasteiger partial charge in [-0.1, -0.05) is 30.3 Å². The van der Waals surface area contributed by atoms with E-state index in [1.807, 2.05) is 30.3 Å². The molecule has 1 amide bonds. The molecule has 108 valence electrons. The van der Waals surface area contributed by atoms with Crippen molar-refractivity contribution < 1.29 is 13.9 Å². The first-order chi connectivity index (χ1) is 10.2. The minimum absolute atomic E-state index is 0.123. The number of hydrogen-bond donors (Lipinski definition) is 1. The molecule has 0 aliphatic carbocycles. The lowest BCUT2D eigenvalue weighted by Gasteiger charge is -2.11. The summed E-state index contributed by atoms with van der Waals surface area (Å²) in [5.74, 6) is 0.402. The van der Waals surface area contributed by atoms with Crippen LogP contribution in [0.5, 0.6) is 5.75 Å². The molecule has 4 heteroatoms. The van der Waals surface area contributed by atoms with E-state index in [1.54, 1.807) is 6.07 Å². The zero-order valence-electron chi connectivity index (χ0n) is 11.5. The van der Waals surface area contributed by atoms with Crippen molar-refractivity contribution in [3.63, 3.8) is 0 Å². The highest BCUT2D eigenvalue weighted by Gasteiger charge is 2.28. The molecule has 2 aromatic rings. The maximum atomic E-state index is 13.0. The highest BCUT2D eigenvalue weighted by molar-refractivity contribution is 5.82. The first-order valence-corrected chi connectivity index (χ1v) is 6.99. The third kappa shape index (κ3) is 3.21. The minimum Gasteiger partial charge on any atom is -0.480 e. The van der Waals surface area contributed by atoms with E-state index in [2.05, 4.69) is 5.32 Å². The van der Waals surface area contributed by atoms with Crippen LogP contribution < -0.4 is 10.1 Å². The Balaban J connectivity index is 1.50. The Morgan fingerprint density at radius 1 is 1.24 bits per heavy atom. The second-order valence-electron chi connectivity index (χ2n) is 5.09. The second kappa shape index (κ2) is 5.95. The van der Waals surface area contributed by atoms with Gasteiger partial charge in [0.2, 0.25) is 0 Å². The molecule has 0 saturated heterocycles. The van der Waals surface area contributed by atoms with Gasteiger partial charge in [0.1, 0.15) is 11.6 Å². The Morgan fingerprint density at radius 2 is 2.10 bits per heavy atom. The lowest BCUT2D eigenvalue weighted by atomic mass is 10.1. The number of hydrogen-bond acceptors (Lipinski definition) is 2. The summed E-state index contributed by atoms with van der Waals surface area (Å²) in [6.07, 6.45) is 0.736. The Kier molecular flexibility index (Phi) is 3.86. The van der Waals surface area contributed by atoms with Gasteiger partial charge in [0.05, 0.1) is 0 Å². The first-order valence-electron chi connectivity index (χ1n) is 6.99. The van der Waals surface area contributed by atoms with Crippen molar-refractivity contribution in [2.75, 3.05) is 6.54 Å². The molecule has 0 bridgehead atoms. The molecule has 1 unspecified atom stereocenters. The van der Waals surface area contributed by atoms with Crippen LogP contribution in [0.25, 0.3) is 0 Å². The number of nitrogens with one attached hydrogen (secondary N) is 1. The van der Waals surface area contributed by atoms with E-state index in [0.29, 0.717) is 19.4 Å². The minimum atomic E-state index is -0.463. The van der Waals surface area contributed by atoms with Gasteiger partial charge in [0.15, 0.2) is 6.10 Å². The van der Waals surface area contributed by atoms with Crippen LogP contribution in [0.2, 0.25) is 0 Å². The predicted octanol–water partition coefficient (Wildman–Crippen LogP) is 2.49. The van der Waals surface area contributed by atoms with Crippen molar-refractivity contribution in [2.45, 2.75) is 18.9 Å². The molecule has 0 spiro atoms. The van der Waals surface area contributed by atoms with Gasteiger partial charge in [0.25, 0.3) is 5.91 Å². The number of fused-ring (bicyclic) bond motifs is 1. The maximum Gasteiger partial charge on any atom is 0.261 e. The number of ether oxygens (including phenoxy) is 1. The number of halogens is 1. The lowest BCUT2D eigenvalue weighted by molar-refractivity contribution is -0.127. The monoisotopic (exact) mass is 285 g/mol. The molecule has 1 aliphatic rings. The molecule has 1 atom stereocenters. The fourth-order valence-electron chi connectivity index (χ4n) is 2.46. The Morgan fingerprint density at radius 3 is 2.90 bits per heavy atom. The molecule has 1 heterocycles. The molecule has 2 aromatic carbocycles. The topological polar surface area (TPSA) is 38.3 Å². The number of carbonyl (C=O) groups excluding carboxylic acids is 1. The summed E-state index contributed by atoms with van der Waals surface area (Å²) in [5, 5.41) is 2.84. The summed E-state index contributed by atoms with van der Waals surface area (Å²) >= 11 is 0. The van der Waals surface area contributed by atoms with E-state index in [1.165, 1.54) is 12.1 Å². The molecule has 0 radical (unpaired) electrons. The summed E-state index contributed by atoms with van der Waals surface area (Å²) in [6.45, 7) is 0.471. The SMILES string of the molecule is O=C(NCCc1cccc(F)c1)C1Cc2ccccc2O1. The van der Waals surface area contributed by atoms with Gasteiger partial charge in [-0.05, 0) is 35.7 Å². The number of para-hydroxylation sites is 1. The van der Waals surface area contributed by atoms with Gasteiger partial charge < -0.3 is 10.1 Å². The number of amides is 1. The highest BCUT2D eigenvalue weighted by Crippen LogP contribution is 2.28. The average molecular weight is 285 g/mol. The summed E-state index contributed by atoms with van der Waals surface area (Å²) in [6, 6.07) is 14.1. The van der Waals surface area contributed by atoms with Crippen molar-refractivity contribution in [1.82, 2.24) is 5.32 Å². The van der Waals surface area contributed by atoms with Crippen LogP contribution in [-0.2, 0) is 17.6 Å². The fraction of sp³-hybridized carbons (Fsp3) is 0.235. The molecule has 0 fully saturated rings. The van der Waals surface area contributed by atoms with E-state index in [-0.39, 0.29) is 11.7 Å². The highest BCUT2D eigenvalue weighted by atomic mass is 19.1. The van der Waals surface area contributed by atoms with Crippen LogP contribution in [0.15, 0.2) is 48.5 Å². The van der Waals surface area contributed by atoms with Crippen molar-refractivity contribution in [1.29, 1.82) is 0 Å². The summed E-state index contributed by atoms with van der Waals surface area (Å²) in [5.41, 5.74) is 1.92. The van der Waals surface area contributed by atoms with Crippen LogP contribution >= 0.6 is 0 Å². The molecule has 3 rings (SSSR count). The third-order valence-electron chi connectivity index (χ3n) is 3.54. The third-order valence-corrected chi connectivity index (χ3v) is 3.54. The van der Waals surface area contributed by atoms with E-state index in [4.69, 9.17) is 4.74 Å². The van der Waals surface area contributed by atoms with E-state index >= 15 is 0 Å². The molecule has 1 aliphatic heterocycles. The first kappa shape index (κ1) is 13.6. The normalized spacial score (nSPS) is 16.1. The molecule has 0 aromatic heterocycles. The van der Waals surface area contributed by atoms with Gasteiger partial charge in [-0.3, -0.25) is 4.79 Å². The Labute approximate surface area is 122 Å². The number of benzene rings is 2. The molecular weight excluding hydrogens is 269 g/mol. The quantitative estimate of drug-likeness (QED) is 0.937. The van der Waals surface area contributed by atoms with Crippen LogP contribution in [0.4, 0.5) is 4.39 Å². The van der Waals surface area contributed by atoms with E-state index < -0.39 is 6.10 Å². The van der Waals surface area contributed by atoms with Gasteiger partial charge in [-0.15, -0.1) is 0 Å². The Bertz CT molecular complexity index is 632. The van der Waals surface area contributed by atoms with Gasteiger partial charge in [-0.2, -0.15) is 0 Å². The smallest absolute Gasteiger partial charge is 0.261 e. The van der Waals surface area contributed by atoms with E-state index in [9.17, 15) is 9.18 Å². The molecular formula is C17H16FNO2. The van der Waals surface area contributed by atoms with Crippen LogP contribution in [-0.4, -0.2) is 18.6 Å².